The monoisotopic (exact) mass is 230 g/mol. The minimum Gasteiger partial charge on any atom is -0.469 e. The van der Waals surface area contributed by atoms with Crippen LogP contribution in [-0.4, -0.2) is 18.1 Å². The average Bonchev–Trinajstić information content (AvgIpc) is 2.22. The lowest BCUT2D eigenvalue weighted by atomic mass is 10.1. The number of nitrogens with zero attached hydrogens (tertiary/aromatic N) is 1. The summed E-state index contributed by atoms with van der Waals surface area (Å²) in [6.07, 6.45) is -2.99. The number of nitrogen functional groups attached to an aromatic ring is 1. The minimum atomic E-state index is -2.74. The molecule has 0 amide bonds. The lowest BCUT2D eigenvalue weighted by Gasteiger charge is -2.10. The standard InChI is InChI=1S/C10H12F2N2O2/c1-5-7(13)3-6(4-8(15)16-2)9(14-5)10(11)12/h3,10H,4,13H2,1-2H3. The molecular weight excluding hydrogens is 218 g/mol. The number of methoxy groups -OCH3 is 1. The molecule has 0 fully saturated rings. The van der Waals surface area contributed by atoms with Crippen molar-refractivity contribution in [3.05, 3.63) is 23.0 Å². The summed E-state index contributed by atoms with van der Waals surface area (Å²) in [6.45, 7) is 1.53. The van der Waals surface area contributed by atoms with Crippen LogP contribution < -0.4 is 5.73 Å². The molecule has 0 aliphatic rings. The average molecular weight is 230 g/mol. The Bertz CT molecular complexity index is 408. The van der Waals surface area contributed by atoms with Gasteiger partial charge in [0.2, 0.25) is 0 Å². The van der Waals surface area contributed by atoms with E-state index in [1.807, 2.05) is 0 Å². The van der Waals surface area contributed by atoms with E-state index in [9.17, 15) is 13.6 Å². The van der Waals surface area contributed by atoms with Crippen molar-refractivity contribution in [2.45, 2.75) is 19.8 Å². The van der Waals surface area contributed by atoms with Crippen LogP contribution in [0.15, 0.2) is 6.07 Å². The summed E-state index contributed by atoms with van der Waals surface area (Å²) in [5.41, 5.74) is 5.83. The van der Waals surface area contributed by atoms with Gasteiger partial charge in [-0.2, -0.15) is 0 Å². The Morgan fingerprint density at radius 3 is 2.75 bits per heavy atom. The summed E-state index contributed by atoms with van der Waals surface area (Å²) in [5, 5.41) is 0. The molecule has 1 rings (SSSR count). The van der Waals surface area contributed by atoms with Gasteiger partial charge in [-0.15, -0.1) is 0 Å². The third-order valence-electron chi connectivity index (χ3n) is 2.13. The zero-order valence-corrected chi connectivity index (χ0v) is 8.96. The number of esters is 1. The van der Waals surface area contributed by atoms with Gasteiger partial charge in [0, 0.05) is 0 Å². The summed E-state index contributed by atoms with van der Waals surface area (Å²) in [7, 11) is 1.19. The predicted octanol–water partition coefficient (Wildman–Crippen LogP) is 1.63. The molecule has 0 unspecified atom stereocenters. The quantitative estimate of drug-likeness (QED) is 0.801. The highest BCUT2D eigenvalue weighted by Crippen LogP contribution is 2.24. The van der Waals surface area contributed by atoms with Gasteiger partial charge in [0.1, 0.15) is 5.69 Å². The second kappa shape index (κ2) is 4.87. The summed E-state index contributed by atoms with van der Waals surface area (Å²) in [4.78, 5) is 14.7. The van der Waals surface area contributed by atoms with E-state index >= 15 is 0 Å². The van der Waals surface area contributed by atoms with E-state index in [0.29, 0.717) is 5.69 Å². The number of pyridine rings is 1. The second-order valence-corrected chi connectivity index (χ2v) is 3.26. The molecule has 0 radical (unpaired) electrons. The maximum Gasteiger partial charge on any atom is 0.310 e. The SMILES string of the molecule is COC(=O)Cc1cc(N)c(C)nc1C(F)F. The summed E-state index contributed by atoms with van der Waals surface area (Å²) >= 11 is 0. The number of carbonyl (C=O) groups is 1. The molecule has 4 nitrogen and oxygen atoms in total. The normalized spacial score (nSPS) is 10.6. The zero-order chi connectivity index (χ0) is 12.3. The molecule has 88 valence electrons. The van der Waals surface area contributed by atoms with Crippen LogP contribution >= 0.6 is 0 Å². The number of nitrogens with two attached hydrogens (primary N) is 1. The van der Waals surface area contributed by atoms with Crippen LogP contribution in [0.3, 0.4) is 0 Å². The highest BCUT2D eigenvalue weighted by Gasteiger charge is 2.18. The van der Waals surface area contributed by atoms with Crippen LogP contribution in [0.5, 0.6) is 0 Å². The number of carbonyl (C=O) groups excluding carboxylic acids is 1. The fraction of sp³-hybridized carbons (Fsp3) is 0.400. The number of aromatic nitrogens is 1. The van der Waals surface area contributed by atoms with E-state index < -0.39 is 18.1 Å². The Hall–Kier alpha value is -1.72. The molecule has 0 spiro atoms. The maximum absolute atomic E-state index is 12.6. The highest BCUT2D eigenvalue weighted by atomic mass is 19.3. The van der Waals surface area contributed by atoms with Crippen LogP contribution in [0.4, 0.5) is 14.5 Å². The number of halogens is 2. The molecule has 1 aromatic heterocycles. The number of alkyl halides is 2. The van der Waals surface area contributed by atoms with E-state index in [2.05, 4.69) is 9.72 Å². The van der Waals surface area contributed by atoms with E-state index in [1.54, 1.807) is 0 Å². The van der Waals surface area contributed by atoms with Crippen molar-refractivity contribution in [1.82, 2.24) is 4.98 Å². The number of rotatable bonds is 3. The van der Waals surface area contributed by atoms with Crippen molar-refractivity contribution in [2.75, 3.05) is 12.8 Å². The molecule has 16 heavy (non-hydrogen) atoms. The van der Waals surface area contributed by atoms with Gasteiger partial charge in [-0.1, -0.05) is 0 Å². The van der Waals surface area contributed by atoms with Gasteiger partial charge < -0.3 is 10.5 Å². The van der Waals surface area contributed by atoms with E-state index in [1.165, 1.54) is 20.1 Å². The van der Waals surface area contributed by atoms with Crippen molar-refractivity contribution >= 4 is 11.7 Å². The highest BCUT2D eigenvalue weighted by molar-refractivity contribution is 5.73. The number of hydrogen-bond donors (Lipinski definition) is 1. The van der Waals surface area contributed by atoms with Crippen molar-refractivity contribution in [3.8, 4) is 0 Å². The molecule has 0 aliphatic carbocycles. The first-order valence-electron chi connectivity index (χ1n) is 4.56. The van der Waals surface area contributed by atoms with E-state index in [4.69, 9.17) is 5.73 Å². The van der Waals surface area contributed by atoms with E-state index in [0.717, 1.165) is 0 Å². The van der Waals surface area contributed by atoms with Crippen molar-refractivity contribution in [1.29, 1.82) is 0 Å². The first-order valence-corrected chi connectivity index (χ1v) is 4.56. The van der Waals surface area contributed by atoms with Crippen LogP contribution in [0.25, 0.3) is 0 Å². The van der Waals surface area contributed by atoms with Crippen molar-refractivity contribution in [2.24, 2.45) is 0 Å². The lowest BCUT2D eigenvalue weighted by Crippen LogP contribution is -2.10. The molecule has 0 atom stereocenters. The third kappa shape index (κ3) is 2.65. The summed E-state index contributed by atoms with van der Waals surface area (Å²) in [5.74, 6) is -0.605. The van der Waals surface area contributed by atoms with Crippen LogP contribution in [0, 0.1) is 6.92 Å². The van der Waals surface area contributed by atoms with Gasteiger partial charge in [-0.3, -0.25) is 4.79 Å². The molecule has 0 bridgehead atoms. The van der Waals surface area contributed by atoms with Crippen LogP contribution in [0.2, 0.25) is 0 Å². The largest absolute Gasteiger partial charge is 0.469 e. The Labute approximate surface area is 91.4 Å². The third-order valence-corrected chi connectivity index (χ3v) is 2.13. The topological polar surface area (TPSA) is 65.2 Å². The molecule has 1 heterocycles. The fourth-order valence-electron chi connectivity index (χ4n) is 1.24. The number of aryl methyl sites for hydroxylation is 1. The lowest BCUT2D eigenvalue weighted by molar-refractivity contribution is -0.139. The van der Waals surface area contributed by atoms with Crippen LogP contribution in [0.1, 0.15) is 23.4 Å². The predicted molar refractivity (Wildman–Crippen MR) is 54.1 cm³/mol. The van der Waals surface area contributed by atoms with Crippen molar-refractivity contribution < 1.29 is 18.3 Å². The molecule has 0 saturated carbocycles. The first-order chi connectivity index (χ1) is 7.45. The minimum absolute atomic E-state index is 0.102. The van der Waals surface area contributed by atoms with Gasteiger partial charge in [0.25, 0.3) is 6.43 Å². The summed E-state index contributed by atoms with van der Waals surface area (Å²) < 4.78 is 29.7. The van der Waals surface area contributed by atoms with Gasteiger partial charge in [-0.25, -0.2) is 13.8 Å². The Kier molecular flexibility index (Phi) is 3.76. The van der Waals surface area contributed by atoms with Gasteiger partial charge in [0.15, 0.2) is 0 Å². The van der Waals surface area contributed by atoms with Crippen molar-refractivity contribution in [3.63, 3.8) is 0 Å². The van der Waals surface area contributed by atoms with Gasteiger partial charge in [0.05, 0.1) is 24.9 Å². The number of hydrogen-bond acceptors (Lipinski definition) is 4. The number of anilines is 1. The Balaban J connectivity index is 3.14. The Morgan fingerprint density at radius 2 is 2.25 bits per heavy atom. The second-order valence-electron chi connectivity index (χ2n) is 3.26. The van der Waals surface area contributed by atoms with Gasteiger partial charge >= 0.3 is 5.97 Å². The molecular formula is C10H12F2N2O2. The Morgan fingerprint density at radius 1 is 1.62 bits per heavy atom. The molecule has 0 saturated heterocycles. The zero-order valence-electron chi connectivity index (χ0n) is 8.96. The maximum atomic E-state index is 12.6. The fourth-order valence-corrected chi connectivity index (χ4v) is 1.24. The molecule has 2 N–H and O–H groups in total. The molecule has 1 aromatic rings. The molecule has 0 aromatic carbocycles. The molecule has 0 aliphatic heterocycles. The summed E-state index contributed by atoms with van der Waals surface area (Å²) in [6, 6.07) is 1.33. The van der Waals surface area contributed by atoms with Gasteiger partial charge in [-0.05, 0) is 18.6 Å². The smallest absolute Gasteiger partial charge is 0.310 e. The van der Waals surface area contributed by atoms with Crippen LogP contribution in [-0.2, 0) is 16.0 Å². The molecule has 6 heteroatoms. The first kappa shape index (κ1) is 12.4. The van der Waals surface area contributed by atoms with E-state index in [-0.39, 0.29) is 17.7 Å². The number of ether oxygens (including phenoxy) is 1.